The zero-order valence-electron chi connectivity index (χ0n) is 15.7. The molecule has 2 N–H and O–H groups in total. The van der Waals surface area contributed by atoms with Crippen LogP contribution in [-0.4, -0.2) is 51.7 Å². The van der Waals surface area contributed by atoms with E-state index in [1.54, 1.807) is 13.0 Å². The number of aromatic nitrogens is 1. The van der Waals surface area contributed by atoms with Crippen LogP contribution in [-0.2, 0) is 9.59 Å². The molecule has 2 amide bonds. The molecule has 1 aromatic rings. The van der Waals surface area contributed by atoms with Crippen LogP contribution < -0.4 is 5.32 Å². The maximum absolute atomic E-state index is 13.2. The molecule has 0 aliphatic carbocycles. The smallest absolute Gasteiger partial charge is 0.243 e. The predicted octanol–water partition coefficient (Wildman–Crippen LogP) is 1.60. The number of likely N-dealkylation sites (tertiary alicyclic amines) is 1. The molecule has 25 heavy (non-hydrogen) atoms. The summed E-state index contributed by atoms with van der Waals surface area (Å²) in [5.41, 5.74) is 0.709. The molecule has 2 heterocycles. The molecular weight excluding hydrogens is 322 g/mol. The molecule has 1 saturated heterocycles. The summed E-state index contributed by atoms with van der Waals surface area (Å²) in [5, 5.41) is 16.8. The normalized spacial score (nSPS) is 22.9. The summed E-state index contributed by atoms with van der Waals surface area (Å²) in [4.78, 5) is 27.2. The summed E-state index contributed by atoms with van der Waals surface area (Å²) in [6.07, 6.45) is 0.371. The van der Waals surface area contributed by atoms with E-state index in [2.05, 4.69) is 10.5 Å². The molecule has 1 fully saturated rings. The number of carbonyl (C=O) groups excluding carboxylic acids is 2. The minimum absolute atomic E-state index is 0.0177. The minimum atomic E-state index is -0.694. The van der Waals surface area contributed by atoms with Crippen molar-refractivity contribution in [3.63, 3.8) is 0 Å². The quantitative estimate of drug-likeness (QED) is 0.811. The van der Waals surface area contributed by atoms with E-state index in [-0.39, 0.29) is 36.7 Å². The molecule has 140 valence electrons. The van der Waals surface area contributed by atoms with Gasteiger partial charge >= 0.3 is 0 Å². The average molecular weight is 351 g/mol. The molecule has 0 unspecified atom stereocenters. The first-order valence-electron chi connectivity index (χ1n) is 8.96. The Morgan fingerprint density at radius 2 is 2.12 bits per heavy atom. The van der Waals surface area contributed by atoms with E-state index in [4.69, 9.17) is 4.52 Å². The van der Waals surface area contributed by atoms with Crippen molar-refractivity contribution in [2.75, 3.05) is 6.54 Å². The van der Waals surface area contributed by atoms with Crippen molar-refractivity contribution in [3.05, 3.63) is 17.5 Å². The summed E-state index contributed by atoms with van der Waals surface area (Å²) in [6.45, 7) is 9.73. The van der Waals surface area contributed by atoms with Gasteiger partial charge in [0.2, 0.25) is 11.8 Å². The highest BCUT2D eigenvalue weighted by Gasteiger charge is 2.43. The zero-order chi connectivity index (χ0) is 18.7. The van der Waals surface area contributed by atoms with Gasteiger partial charge in [-0.2, -0.15) is 0 Å². The number of nitrogens with one attached hydrogen (secondary N) is 1. The van der Waals surface area contributed by atoms with E-state index in [1.165, 1.54) is 4.90 Å². The predicted molar refractivity (Wildman–Crippen MR) is 92.8 cm³/mol. The van der Waals surface area contributed by atoms with Crippen molar-refractivity contribution in [3.8, 4) is 0 Å². The topological polar surface area (TPSA) is 95.7 Å². The fraction of sp³-hybridized carbons (Fsp3) is 0.722. The molecular formula is C18H29N3O4. The first-order valence-corrected chi connectivity index (χ1v) is 8.96. The molecule has 2 rings (SSSR count). The number of hydrogen-bond donors (Lipinski definition) is 2. The Labute approximate surface area is 148 Å². The van der Waals surface area contributed by atoms with E-state index in [0.717, 1.165) is 6.42 Å². The Bertz CT molecular complexity index is 613. The molecule has 1 aliphatic rings. The molecule has 1 aliphatic heterocycles. The lowest BCUT2D eigenvalue weighted by atomic mass is 9.91. The first-order chi connectivity index (χ1) is 11.7. The number of carbonyl (C=O) groups is 2. The highest BCUT2D eigenvalue weighted by molar-refractivity contribution is 5.91. The number of rotatable bonds is 6. The number of aliphatic hydroxyl groups excluding tert-OH is 1. The molecule has 0 bridgehead atoms. The van der Waals surface area contributed by atoms with Gasteiger partial charge in [0, 0.05) is 25.1 Å². The third-order valence-electron chi connectivity index (χ3n) is 4.75. The third kappa shape index (κ3) is 4.39. The van der Waals surface area contributed by atoms with Gasteiger partial charge < -0.3 is 19.8 Å². The average Bonchev–Trinajstić information content (AvgIpc) is 3.13. The Balaban J connectivity index is 2.23. The van der Waals surface area contributed by atoms with Gasteiger partial charge in [0.1, 0.15) is 17.7 Å². The van der Waals surface area contributed by atoms with E-state index in [0.29, 0.717) is 11.5 Å². The van der Waals surface area contributed by atoms with Gasteiger partial charge in [0.05, 0.1) is 11.8 Å². The van der Waals surface area contributed by atoms with E-state index < -0.39 is 18.1 Å². The van der Waals surface area contributed by atoms with Crippen molar-refractivity contribution in [1.82, 2.24) is 15.4 Å². The Kier molecular flexibility index (Phi) is 6.21. The van der Waals surface area contributed by atoms with Crippen LogP contribution in [0.5, 0.6) is 0 Å². The molecule has 7 heteroatoms. The molecule has 7 nitrogen and oxygen atoms in total. The molecule has 0 spiro atoms. The van der Waals surface area contributed by atoms with Crippen molar-refractivity contribution in [2.24, 2.45) is 5.92 Å². The first kappa shape index (κ1) is 19.4. The van der Waals surface area contributed by atoms with Crippen LogP contribution in [0.3, 0.4) is 0 Å². The summed E-state index contributed by atoms with van der Waals surface area (Å²) in [7, 11) is 0. The van der Waals surface area contributed by atoms with Gasteiger partial charge in [-0.1, -0.05) is 25.9 Å². The van der Waals surface area contributed by atoms with E-state index >= 15 is 0 Å². The standard InChI is InChI=1S/C18H29N3O4/c1-6-11(4)19-17(23)14-8-13(22)9-21(14)18(24)16(10(2)3)15-7-12(5)20-25-15/h7,10-11,13-14,16,22H,6,8-9H2,1-5H3,(H,19,23)/t11-,13+,14-,16+/m0/s1. The molecule has 0 radical (unpaired) electrons. The fourth-order valence-corrected chi connectivity index (χ4v) is 3.19. The fourth-order valence-electron chi connectivity index (χ4n) is 3.19. The highest BCUT2D eigenvalue weighted by Crippen LogP contribution is 2.31. The van der Waals surface area contributed by atoms with Crippen LogP contribution in [0.2, 0.25) is 0 Å². The lowest BCUT2D eigenvalue weighted by Gasteiger charge is -2.29. The summed E-state index contributed by atoms with van der Waals surface area (Å²) in [6, 6.07) is 1.13. The summed E-state index contributed by atoms with van der Waals surface area (Å²) < 4.78 is 5.31. The van der Waals surface area contributed by atoms with Crippen LogP contribution in [0.15, 0.2) is 10.6 Å². The molecule has 1 aromatic heterocycles. The Morgan fingerprint density at radius 1 is 1.44 bits per heavy atom. The van der Waals surface area contributed by atoms with Crippen LogP contribution in [0.1, 0.15) is 57.9 Å². The summed E-state index contributed by atoms with van der Waals surface area (Å²) >= 11 is 0. The monoisotopic (exact) mass is 351 g/mol. The van der Waals surface area contributed by atoms with Gasteiger partial charge in [-0.15, -0.1) is 0 Å². The van der Waals surface area contributed by atoms with Crippen molar-refractivity contribution in [1.29, 1.82) is 0 Å². The van der Waals surface area contributed by atoms with Crippen LogP contribution in [0, 0.1) is 12.8 Å². The number of hydrogen-bond acceptors (Lipinski definition) is 5. The number of aliphatic hydroxyl groups is 1. The zero-order valence-corrected chi connectivity index (χ0v) is 15.7. The van der Waals surface area contributed by atoms with E-state index in [9.17, 15) is 14.7 Å². The SMILES string of the molecule is CC[C@H](C)NC(=O)[C@@H]1C[C@@H](O)CN1C(=O)[C@@H](c1cc(C)no1)C(C)C. The highest BCUT2D eigenvalue weighted by atomic mass is 16.5. The number of nitrogens with zero attached hydrogens (tertiary/aromatic N) is 2. The largest absolute Gasteiger partial charge is 0.391 e. The van der Waals surface area contributed by atoms with Gasteiger partial charge in [0.25, 0.3) is 0 Å². The van der Waals surface area contributed by atoms with Crippen LogP contribution >= 0.6 is 0 Å². The third-order valence-corrected chi connectivity index (χ3v) is 4.75. The molecule has 4 atom stereocenters. The van der Waals surface area contributed by atoms with Crippen molar-refractivity contribution < 1.29 is 19.2 Å². The Morgan fingerprint density at radius 3 is 2.64 bits per heavy atom. The van der Waals surface area contributed by atoms with E-state index in [1.807, 2.05) is 27.7 Å². The maximum atomic E-state index is 13.2. The molecule has 0 saturated carbocycles. The molecule has 0 aromatic carbocycles. The van der Waals surface area contributed by atoms with Crippen LogP contribution in [0.25, 0.3) is 0 Å². The number of amides is 2. The number of aryl methyl sites for hydroxylation is 1. The van der Waals surface area contributed by atoms with Gasteiger partial charge in [-0.05, 0) is 26.2 Å². The Hall–Kier alpha value is -1.89. The second-order valence-electron chi connectivity index (χ2n) is 7.31. The maximum Gasteiger partial charge on any atom is 0.243 e. The van der Waals surface area contributed by atoms with Gasteiger partial charge in [-0.25, -0.2) is 0 Å². The van der Waals surface area contributed by atoms with Crippen LogP contribution in [0.4, 0.5) is 0 Å². The second kappa shape index (κ2) is 7.99. The van der Waals surface area contributed by atoms with Gasteiger partial charge in [-0.3, -0.25) is 9.59 Å². The minimum Gasteiger partial charge on any atom is -0.391 e. The summed E-state index contributed by atoms with van der Waals surface area (Å²) in [5.74, 6) is -0.455. The lowest BCUT2D eigenvalue weighted by Crippen LogP contribution is -2.49. The van der Waals surface area contributed by atoms with Crippen molar-refractivity contribution >= 4 is 11.8 Å². The second-order valence-corrected chi connectivity index (χ2v) is 7.31. The lowest BCUT2D eigenvalue weighted by molar-refractivity contribution is -0.141. The number of β-amino-alcohol motifs (C(OH)–C–C–N with tert-alkyl or cyclic N) is 1. The van der Waals surface area contributed by atoms with Crippen molar-refractivity contribution in [2.45, 2.75) is 71.6 Å². The van der Waals surface area contributed by atoms with Gasteiger partial charge in [0.15, 0.2) is 0 Å².